The van der Waals surface area contributed by atoms with Gasteiger partial charge in [-0.1, -0.05) is 6.07 Å². The predicted octanol–water partition coefficient (Wildman–Crippen LogP) is 3.95. The van der Waals surface area contributed by atoms with Crippen LogP contribution in [0, 0.1) is 18.3 Å². The fourth-order valence-electron chi connectivity index (χ4n) is 2.89. The maximum Gasteiger partial charge on any atom is 0.140 e. The number of hydrogen-bond acceptors (Lipinski definition) is 4. The molecule has 1 aromatic carbocycles. The molecule has 0 radical (unpaired) electrons. The van der Waals surface area contributed by atoms with Crippen molar-refractivity contribution >= 4 is 5.65 Å². The van der Waals surface area contributed by atoms with E-state index in [0.29, 0.717) is 5.75 Å². The molecule has 3 rings (SSSR count). The maximum absolute atomic E-state index is 9.49. The smallest absolute Gasteiger partial charge is 0.140 e. The van der Waals surface area contributed by atoms with Gasteiger partial charge < -0.3 is 13.9 Å². The number of fused-ring (bicyclic) bond motifs is 1. The Balaban J connectivity index is 2.38. The van der Waals surface area contributed by atoms with E-state index in [1.165, 1.54) is 0 Å². The van der Waals surface area contributed by atoms with E-state index in [1.807, 2.05) is 54.8 Å². The van der Waals surface area contributed by atoms with Crippen molar-refractivity contribution in [3.05, 3.63) is 47.8 Å². The van der Waals surface area contributed by atoms with Gasteiger partial charge in [-0.3, -0.25) is 0 Å². The number of benzene rings is 1. The van der Waals surface area contributed by atoms with Crippen LogP contribution in [0.3, 0.4) is 0 Å². The maximum atomic E-state index is 9.49. The Morgan fingerprint density at radius 1 is 1.21 bits per heavy atom. The minimum absolute atomic E-state index is 0.312. The summed E-state index contributed by atoms with van der Waals surface area (Å²) < 4.78 is 12.8. The number of hydrogen-bond donors (Lipinski definition) is 0. The third kappa shape index (κ3) is 2.46. The van der Waals surface area contributed by atoms with Gasteiger partial charge in [-0.2, -0.15) is 5.26 Å². The monoisotopic (exact) mass is 321 g/mol. The van der Waals surface area contributed by atoms with Gasteiger partial charge in [0.15, 0.2) is 0 Å². The molecule has 0 amide bonds. The highest BCUT2D eigenvalue weighted by Gasteiger charge is 2.22. The zero-order valence-electron chi connectivity index (χ0n) is 14.2. The summed E-state index contributed by atoms with van der Waals surface area (Å²) in [4.78, 5) is 4.81. The molecule has 1 unspecified atom stereocenters. The van der Waals surface area contributed by atoms with Crippen molar-refractivity contribution in [2.75, 3.05) is 14.2 Å². The van der Waals surface area contributed by atoms with E-state index < -0.39 is 0 Å². The molecule has 0 saturated carbocycles. The molecular weight excluding hydrogens is 302 g/mol. The second kappa shape index (κ2) is 6.25. The number of ether oxygens (including phenoxy) is 2. The Morgan fingerprint density at radius 2 is 2.00 bits per heavy atom. The average Bonchev–Trinajstić information content (AvgIpc) is 3.01. The molecule has 0 N–H and O–H groups in total. The summed E-state index contributed by atoms with van der Waals surface area (Å²) in [5, 5.41) is 9.49. The van der Waals surface area contributed by atoms with Crippen LogP contribution in [0.5, 0.6) is 11.5 Å². The summed E-state index contributed by atoms with van der Waals surface area (Å²) in [6.07, 6.45) is 1.94. The van der Waals surface area contributed by atoms with Gasteiger partial charge in [0.05, 0.1) is 37.6 Å². The molecule has 5 nitrogen and oxygen atoms in total. The van der Waals surface area contributed by atoms with Crippen LogP contribution in [-0.2, 0) is 0 Å². The van der Waals surface area contributed by atoms with Crippen molar-refractivity contribution in [1.29, 1.82) is 5.26 Å². The number of rotatable bonds is 4. The topological polar surface area (TPSA) is 59.6 Å². The standard InChI is InChI=1S/C19H19N3O2/c1-12-6-5-9-22-18(13(2)11-20)17(21-19(12)22)15-10-14(23-3)7-8-16(15)24-4/h5-10,13H,1-4H3. The molecule has 5 heteroatoms. The van der Waals surface area contributed by atoms with Crippen LogP contribution < -0.4 is 9.47 Å². The minimum atomic E-state index is -0.312. The lowest BCUT2D eigenvalue weighted by Crippen LogP contribution is -2.00. The fraction of sp³-hybridized carbons (Fsp3) is 0.263. The second-order valence-corrected chi connectivity index (χ2v) is 5.65. The summed E-state index contributed by atoms with van der Waals surface area (Å²) in [5.74, 6) is 1.10. The van der Waals surface area contributed by atoms with Crippen LogP contribution >= 0.6 is 0 Å². The first-order valence-corrected chi connectivity index (χ1v) is 7.70. The lowest BCUT2D eigenvalue weighted by molar-refractivity contribution is 0.404. The van der Waals surface area contributed by atoms with E-state index in [4.69, 9.17) is 14.5 Å². The minimum Gasteiger partial charge on any atom is -0.497 e. The zero-order valence-corrected chi connectivity index (χ0v) is 14.2. The normalized spacial score (nSPS) is 12.0. The van der Waals surface area contributed by atoms with E-state index in [1.54, 1.807) is 14.2 Å². The molecule has 0 aliphatic heterocycles. The van der Waals surface area contributed by atoms with Gasteiger partial charge in [-0.15, -0.1) is 0 Å². The Labute approximate surface area is 141 Å². The quantitative estimate of drug-likeness (QED) is 0.730. The summed E-state index contributed by atoms with van der Waals surface area (Å²) in [7, 11) is 3.25. The van der Waals surface area contributed by atoms with Gasteiger partial charge in [0, 0.05) is 11.8 Å². The summed E-state index contributed by atoms with van der Waals surface area (Å²) in [6, 6.07) is 11.9. The molecule has 2 aromatic heterocycles. The summed E-state index contributed by atoms with van der Waals surface area (Å²) >= 11 is 0. The molecule has 0 saturated heterocycles. The summed E-state index contributed by atoms with van der Waals surface area (Å²) in [6.45, 7) is 3.89. The van der Waals surface area contributed by atoms with Gasteiger partial charge in [0.1, 0.15) is 17.1 Å². The number of aromatic nitrogens is 2. The molecule has 0 fully saturated rings. The van der Waals surface area contributed by atoms with E-state index in [2.05, 4.69) is 6.07 Å². The van der Waals surface area contributed by atoms with Gasteiger partial charge in [0.25, 0.3) is 0 Å². The molecule has 0 aliphatic carbocycles. The van der Waals surface area contributed by atoms with Crippen LogP contribution in [0.25, 0.3) is 16.9 Å². The van der Waals surface area contributed by atoms with Crippen molar-refractivity contribution < 1.29 is 9.47 Å². The van der Waals surface area contributed by atoms with E-state index in [9.17, 15) is 5.26 Å². The SMILES string of the molecule is COc1ccc(OC)c(-c2nc3c(C)cccn3c2C(C)C#N)c1. The van der Waals surface area contributed by atoms with Crippen molar-refractivity contribution in [3.63, 3.8) is 0 Å². The fourth-order valence-corrected chi connectivity index (χ4v) is 2.89. The largest absolute Gasteiger partial charge is 0.497 e. The van der Waals surface area contributed by atoms with Crippen LogP contribution in [0.2, 0.25) is 0 Å². The second-order valence-electron chi connectivity index (χ2n) is 5.65. The Kier molecular flexibility index (Phi) is 4.13. The number of methoxy groups -OCH3 is 2. The molecule has 2 heterocycles. The molecule has 0 spiro atoms. The average molecular weight is 321 g/mol. The molecular formula is C19H19N3O2. The van der Waals surface area contributed by atoms with Crippen LogP contribution in [0.4, 0.5) is 0 Å². The lowest BCUT2D eigenvalue weighted by Gasteiger charge is -2.11. The van der Waals surface area contributed by atoms with Crippen molar-refractivity contribution in [2.24, 2.45) is 0 Å². The van der Waals surface area contributed by atoms with Crippen LogP contribution in [0.15, 0.2) is 36.5 Å². The number of nitriles is 1. The molecule has 122 valence electrons. The predicted molar refractivity (Wildman–Crippen MR) is 92.5 cm³/mol. The highest BCUT2D eigenvalue weighted by atomic mass is 16.5. The van der Waals surface area contributed by atoms with Gasteiger partial charge in [-0.25, -0.2) is 4.98 Å². The first kappa shape index (κ1) is 15.9. The Morgan fingerprint density at radius 3 is 2.67 bits per heavy atom. The van der Waals surface area contributed by atoms with Crippen molar-refractivity contribution in [2.45, 2.75) is 19.8 Å². The molecule has 0 bridgehead atoms. The Hall–Kier alpha value is -3.00. The van der Waals surface area contributed by atoms with Crippen molar-refractivity contribution in [3.8, 4) is 28.8 Å². The van der Waals surface area contributed by atoms with Gasteiger partial charge in [0.2, 0.25) is 0 Å². The highest BCUT2D eigenvalue weighted by Crippen LogP contribution is 2.38. The van der Waals surface area contributed by atoms with Crippen LogP contribution in [-0.4, -0.2) is 23.6 Å². The third-order valence-electron chi connectivity index (χ3n) is 4.15. The number of imidazole rings is 1. The lowest BCUT2D eigenvalue weighted by atomic mass is 10.0. The molecule has 3 aromatic rings. The van der Waals surface area contributed by atoms with Crippen molar-refractivity contribution in [1.82, 2.24) is 9.38 Å². The Bertz CT molecular complexity index is 938. The molecule has 0 aliphatic rings. The van der Waals surface area contributed by atoms with Gasteiger partial charge >= 0.3 is 0 Å². The zero-order chi connectivity index (χ0) is 17.3. The highest BCUT2D eigenvalue weighted by molar-refractivity contribution is 5.75. The van der Waals surface area contributed by atoms with Gasteiger partial charge in [-0.05, 0) is 43.7 Å². The van der Waals surface area contributed by atoms with Crippen LogP contribution in [0.1, 0.15) is 24.1 Å². The third-order valence-corrected chi connectivity index (χ3v) is 4.15. The number of pyridine rings is 1. The summed E-state index contributed by atoms with van der Waals surface area (Å²) in [5.41, 5.74) is 4.31. The van der Waals surface area contributed by atoms with E-state index >= 15 is 0 Å². The molecule has 24 heavy (non-hydrogen) atoms. The van der Waals surface area contributed by atoms with E-state index in [0.717, 1.165) is 33.9 Å². The first-order valence-electron chi connectivity index (χ1n) is 7.70. The molecule has 1 atom stereocenters. The van der Waals surface area contributed by atoms with E-state index in [-0.39, 0.29) is 5.92 Å². The number of aryl methyl sites for hydroxylation is 1. The number of nitrogens with zero attached hydrogens (tertiary/aromatic N) is 3. The first-order chi connectivity index (χ1) is 11.6.